The van der Waals surface area contributed by atoms with Crippen molar-refractivity contribution in [1.29, 1.82) is 0 Å². The number of hydrogen-bond acceptors (Lipinski definition) is 3. The Labute approximate surface area is 128 Å². The van der Waals surface area contributed by atoms with Crippen LogP contribution in [0.3, 0.4) is 0 Å². The normalized spacial score (nSPS) is 18.0. The molecule has 1 unspecified atom stereocenters. The van der Waals surface area contributed by atoms with Crippen LogP contribution in [0, 0.1) is 6.92 Å². The van der Waals surface area contributed by atoms with Crippen molar-refractivity contribution >= 4 is 23.4 Å². The molecule has 2 heterocycles. The highest BCUT2D eigenvalue weighted by molar-refractivity contribution is 7.99. The summed E-state index contributed by atoms with van der Waals surface area (Å²) >= 11 is 8.04. The van der Waals surface area contributed by atoms with Gasteiger partial charge in [-0.3, -0.25) is 4.68 Å². The van der Waals surface area contributed by atoms with Gasteiger partial charge in [0, 0.05) is 28.7 Å². The molecule has 1 aromatic heterocycles. The van der Waals surface area contributed by atoms with Crippen LogP contribution in [0.2, 0.25) is 5.02 Å². The molecule has 1 aliphatic rings. The van der Waals surface area contributed by atoms with Gasteiger partial charge < -0.3 is 5.32 Å². The van der Waals surface area contributed by atoms with Gasteiger partial charge in [-0.1, -0.05) is 11.6 Å². The van der Waals surface area contributed by atoms with Gasteiger partial charge in [0.25, 0.3) is 0 Å². The molecule has 1 aromatic carbocycles. The van der Waals surface area contributed by atoms with Crippen molar-refractivity contribution in [3.8, 4) is 0 Å². The van der Waals surface area contributed by atoms with E-state index in [9.17, 15) is 0 Å². The molecule has 0 fully saturated rings. The van der Waals surface area contributed by atoms with Crippen molar-refractivity contribution in [2.45, 2.75) is 30.8 Å². The van der Waals surface area contributed by atoms with Crippen LogP contribution in [0.1, 0.15) is 23.6 Å². The monoisotopic (exact) mass is 307 g/mol. The predicted molar refractivity (Wildman–Crippen MR) is 84.5 cm³/mol. The van der Waals surface area contributed by atoms with Crippen LogP contribution in [-0.2, 0) is 6.54 Å². The number of benzene rings is 1. The van der Waals surface area contributed by atoms with E-state index in [2.05, 4.69) is 35.7 Å². The minimum Gasteiger partial charge on any atom is -0.308 e. The third kappa shape index (κ3) is 3.19. The molecule has 3 rings (SSSR count). The van der Waals surface area contributed by atoms with Crippen LogP contribution in [0.15, 0.2) is 35.5 Å². The topological polar surface area (TPSA) is 29.9 Å². The molecular weight excluding hydrogens is 290 g/mol. The van der Waals surface area contributed by atoms with E-state index in [1.165, 1.54) is 16.0 Å². The fourth-order valence-corrected chi connectivity index (χ4v) is 3.81. The molecule has 0 spiro atoms. The van der Waals surface area contributed by atoms with E-state index in [1.807, 2.05) is 28.7 Å². The zero-order valence-electron chi connectivity index (χ0n) is 11.5. The Bertz CT molecular complexity index is 597. The molecule has 0 saturated heterocycles. The van der Waals surface area contributed by atoms with Gasteiger partial charge in [0.2, 0.25) is 0 Å². The zero-order valence-corrected chi connectivity index (χ0v) is 13.0. The van der Waals surface area contributed by atoms with Gasteiger partial charge in [-0.25, -0.2) is 0 Å². The Kier molecular flexibility index (Phi) is 4.34. The third-order valence-corrected chi connectivity index (χ3v) is 4.86. The summed E-state index contributed by atoms with van der Waals surface area (Å²) in [4.78, 5) is 1.35. The minimum atomic E-state index is 0.404. The van der Waals surface area contributed by atoms with E-state index in [-0.39, 0.29) is 0 Å². The van der Waals surface area contributed by atoms with Crippen molar-refractivity contribution in [3.63, 3.8) is 0 Å². The Morgan fingerprint density at radius 3 is 3.20 bits per heavy atom. The first-order chi connectivity index (χ1) is 9.72. The number of rotatable bonds is 4. The molecule has 2 aromatic rings. The first kappa shape index (κ1) is 14.0. The Hall–Kier alpha value is -0.970. The second-order valence-electron chi connectivity index (χ2n) is 5.11. The number of nitrogens with one attached hydrogen (secondary N) is 1. The summed E-state index contributed by atoms with van der Waals surface area (Å²) in [5, 5.41) is 8.76. The maximum absolute atomic E-state index is 6.12. The first-order valence-corrected chi connectivity index (χ1v) is 8.23. The van der Waals surface area contributed by atoms with Crippen LogP contribution >= 0.6 is 23.4 Å². The van der Waals surface area contributed by atoms with Gasteiger partial charge >= 0.3 is 0 Å². The quantitative estimate of drug-likeness (QED) is 0.934. The van der Waals surface area contributed by atoms with Crippen LogP contribution < -0.4 is 5.32 Å². The molecule has 1 atom stereocenters. The van der Waals surface area contributed by atoms with Crippen LogP contribution in [0.25, 0.3) is 0 Å². The number of hydrogen-bond donors (Lipinski definition) is 1. The Morgan fingerprint density at radius 2 is 2.40 bits per heavy atom. The lowest BCUT2D eigenvalue weighted by Crippen LogP contribution is -2.28. The maximum Gasteiger partial charge on any atom is 0.0534 e. The first-order valence-electron chi connectivity index (χ1n) is 6.87. The van der Waals surface area contributed by atoms with Crippen molar-refractivity contribution < 1.29 is 0 Å². The highest BCUT2D eigenvalue weighted by atomic mass is 35.5. The molecule has 5 heteroatoms. The Morgan fingerprint density at radius 1 is 1.50 bits per heavy atom. The average Bonchev–Trinajstić information content (AvgIpc) is 2.85. The molecule has 1 aliphatic heterocycles. The molecule has 20 heavy (non-hydrogen) atoms. The molecule has 0 bridgehead atoms. The number of halogens is 1. The SMILES string of the molecule is Cc1cnn(CCNC2CCSc3ccc(Cl)cc32)c1. The summed E-state index contributed by atoms with van der Waals surface area (Å²) in [6, 6.07) is 6.61. The highest BCUT2D eigenvalue weighted by Gasteiger charge is 2.20. The van der Waals surface area contributed by atoms with Gasteiger partial charge in [-0.05, 0) is 48.4 Å². The van der Waals surface area contributed by atoms with E-state index in [1.54, 1.807) is 0 Å². The standard InChI is InChI=1S/C15H18ClN3S/c1-11-9-18-19(10-11)6-5-17-14-4-7-20-15-3-2-12(16)8-13(14)15/h2-3,8-10,14,17H,4-7H2,1H3. The van der Waals surface area contributed by atoms with Gasteiger partial charge in [0.1, 0.15) is 0 Å². The second kappa shape index (κ2) is 6.20. The van der Waals surface area contributed by atoms with Gasteiger partial charge in [-0.2, -0.15) is 5.10 Å². The molecular formula is C15H18ClN3S. The van der Waals surface area contributed by atoms with E-state index in [0.29, 0.717) is 6.04 Å². The smallest absolute Gasteiger partial charge is 0.0534 e. The molecule has 0 saturated carbocycles. The lowest BCUT2D eigenvalue weighted by molar-refractivity contribution is 0.471. The van der Waals surface area contributed by atoms with Crippen LogP contribution in [0.5, 0.6) is 0 Å². The van der Waals surface area contributed by atoms with E-state index in [0.717, 1.165) is 30.3 Å². The fraction of sp³-hybridized carbons (Fsp3) is 0.400. The largest absolute Gasteiger partial charge is 0.308 e. The zero-order chi connectivity index (χ0) is 13.9. The fourth-order valence-electron chi connectivity index (χ4n) is 2.52. The summed E-state index contributed by atoms with van der Waals surface area (Å²) in [5.41, 5.74) is 2.54. The number of fused-ring (bicyclic) bond motifs is 1. The molecule has 0 amide bonds. The van der Waals surface area contributed by atoms with Gasteiger partial charge in [-0.15, -0.1) is 11.8 Å². The number of aryl methyl sites for hydroxylation is 1. The summed E-state index contributed by atoms with van der Waals surface area (Å²) in [6.07, 6.45) is 5.12. The van der Waals surface area contributed by atoms with Crippen LogP contribution in [-0.4, -0.2) is 22.1 Å². The lowest BCUT2D eigenvalue weighted by Gasteiger charge is -2.26. The second-order valence-corrected chi connectivity index (χ2v) is 6.68. The van der Waals surface area contributed by atoms with Crippen molar-refractivity contribution in [2.24, 2.45) is 0 Å². The lowest BCUT2D eigenvalue weighted by atomic mass is 10.0. The maximum atomic E-state index is 6.12. The highest BCUT2D eigenvalue weighted by Crippen LogP contribution is 2.37. The molecule has 3 nitrogen and oxygen atoms in total. The number of aromatic nitrogens is 2. The summed E-state index contributed by atoms with van der Waals surface area (Å²) < 4.78 is 1.98. The predicted octanol–water partition coefficient (Wildman–Crippen LogP) is 3.67. The molecule has 0 radical (unpaired) electrons. The van der Waals surface area contributed by atoms with Crippen molar-refractivity contribution in [2.75, 3.05) is 12.3 Å². The van der Waals surface area contributed by atoms with Crippen molar-refractivity contribution in [3.05, 3.63) is 46.7 Å². The molecule has 1 N–H and O–H groups in total. The van der Waals surface area contributed by atoms with E-state index in [4.69, 9.17) is 11.6 Å². The van der Waals surface area contributed by atoms with Crippen LogP contribution in [0.4, 0.5) is 0 Å². The van der Waals surface area contributed by atoms with E-state index >= 15 is 0 Å². The molecule has 0 aliphatic carbocycles. The Balaban J connectivity index is 1.63. The minimum absolute atomic E-state index is 0.404. The average molecular weight is 308 g/mol. The van der Waals surface area contributed by atoms with Gasteiger partial charge in [0.15, 0.2) is 0 Å². The van der Waals surface area contributed by atoms with Gasteiger partial charge in [0.05, 0.1) is 12.7 Å². The summed E-state index contributed by atoms with van der Waals surface area (Å²) in [7, 11) is 0. The number of nitrogens with zero attached hydrogens (tertiary/aromatic N) is 2. The molecule has 106 valence electrons. The van der Waals surface area contributed by atoms with E-state index < -0.39 is 0 Å². The summed E-state index contributed by atoms with van der Waals surface area (Å²) in [5.74, 6) is 1.16. The summed E-state index contributed by atoms with van der Waals surface area (Å²) in [6.45, 7) is 3.88. The number of thioether (sulfide) groups is 1. The van der Waals surface area contributed by atoms with Crippen molar-refractivity contribution in [1.82, 2.24) is 15.1 Å². The third-order valence-electron chi connectivity index (χ3n) is 3.51.